The molecule has 1 unspecified atom stereocenters. The summed E-state index contributed by atoms with van der Waals surface area (Å²) in [6, 6.07) is 9.65. The summed E-state index contributed by atoms with van der Waals surface area (Å²) in [5.41, 5.74) is 5.82. The molecule has 0 bridgehead atoms. The summed E-state index contributed by atoms with van der Waals surface area (Å²) in [4.78, 5) is 7.35. The Hall–Kier alpha value is -1.65. The van der Waals surface area contributed by atoms with Crippen LogP contribution in [-0.2, 0) is 0 Å². The van der Waals surface area contributed by atoms with E-state index in [-0.39, 0.29) is 11.7 Å². The van der Waals surface area contributed by atoms with Crippen molar-refractivity contribution in [2.24, 2.45) is 4.99 Å². The van der Waals surface area contributed by atoms with Crippen molar-refractivity contribution in [2.75, 3.05) is 5.75 Å². The highest BCUT2D eigenvalue weighted by molar-refractivity contribution is 8.03. The van der Waals surface area contributed by atoms with Gasteiger partial charge in [0.05, 0.1) is 5.70 Å². The number of hydrogen-bond donors (Lipinski definition) is 0. The van der Waals surface area contributed by atoms with E-state index in [9.17, 15) is 4.39 Å². The molecule has 4 heteroatoms. The number of nitrogens with zero attached hydrogens (tertiary/aromatic N) is 1. The molecule has 1 nitrogen and oxygen atoms in total. The molecule has 1 aromatic heterocycles. The Morgan fingerprint density at radius 2 is 2.12 bits per heavy atom. The van der Waals surface area contributed by atoms with E-state index < -0.39 is 0 Å². The molecule has 5 rings (SSSR count). The van der Waals surface area contributed by atoms with Gasteiger partial charge in [-0.15, -0.1) is 23.1 Å². The summed E-state index contributed by atoms with van der Waals surface area (Å²) in [6.07, 6.45) is 6.81. The number of allylic oxidation sites excluding steroid dienone is 4. The van der Waals surface area contributed by atoms with Crippen molar-refractivity contribution in [3.8, 4) is 10.4 Å². The number of rotatable bonds is 2. The molecule has 3 heterocycles. The van der Waals surface area contributed by atoms with E-state index in [2.05, 4.69) is 12.1 Å². The summed E-state index contributed by atoms with van der Waals surface area (Å²) < 4.78 is 14.5. The van der Waals surface area contributed by atoms with Crippen LogP contribution in [0.3, 0.4) is 0 Å². The van der Waals surface area contributed by atoms with Gasteiger partial charge in [-0.05, 0) is 60.4 Å². The number of hydrogen-bond acceptors (Lipinski definition) is 3. The van der Waals surface area contributed by atoms with Crippen LogP contribution in [0.4, 0.5) is 4.39 Å². The van der Waals surface area contributed by atoms with E-state index in [4.69, 9.17) is 4.99 Å². The topological polar surface area (TPSA) is 12.4 Å². The van der Waals surface area contributed by atoms with E-state index >= 15 is 0 Å². The Labute approximate surface area is 155 Å². The van der Waals surface area contributed by atoms with Gasteiger partial charge in [-0.2, -0.15) is 0 Å². The molecule has 25 heavy (non-hydrogen) atoms. The van der Waals surface area contributed by atoms with E-state index in [1.165, 1.54) is 33.9 Å². The van der Waals surface area contributed by atoms with Crippen molar-refractivity contribution in [3.05, 3.63) is 69.3 Å². The minimum absolute atomic E-state index is 0.137. The van der Waals surface area contributed by atoms with Crippen molar-refractivity contribution in [3.63, 3.8) is 0 Å². The van der Waals surface area contributed by atoms with Crippen LogP contribution in [-0.4, -0.2) is 11.5 Å². The second-order valence-corrected chi connectivity index (χ2v) is 8.75. The average Bonchev–Trinajstić information content (AvgIpc) is 3.32. The van der Waals surface area contributed by atoms with Crippen molar-refractivity contribution in [2.45, 2.75) is 31.6 Å². The highest BCUT2D eigenvalue weighted by Gasteiger charge is 2.35. The molecule has 0 N–H and O–H groups in total. The zero-order valence-electron chi connectivity index (χ0n) is 13.8. The lowest BCUT2D eigenvalue weighted by atomic mass is 9.80. The Kier molecular flexibility index (Phi) is 3.90. The van der Waals surface area contributed by atoms with Gasteiger partial charge in [-0.3, -0.25) is 4.99 Å². The van der Waals surface area contributed by atoms with Gasteiger partial charge in [0.15, 0.2) is 0 Å². The molecule has 0 fully saturated rings. The molecule has 2 aliphatic heterocycles. The second kappa shape index (κ2) is 6.26. The van der Waals surface area contributed by atoms with Crippen molar-refractivity contribution in [1.29, 1.82) is 0 Å². The highest BCUT2D eigenvalue weighted by Crippen LogP contribution is 2.50. The number of halogens is 1. The van der Waals surface area contributed by atoms with Crippen LogP contribution in [0.25, 0.3) is 10.4 Å². The Morgan fingerprint density at radius 1 is 1.16 bits per heavy atom. The van der Waals surface area contributed by atoms with Gasteiger partial charge in [-0.1, -0.05) is 18.2 Å². The number of thiophene rings is 1. The molecule has 2 aromatic rings. The first-order chi connectivity index (χ1) is 12.3. The third-order valence-corrected chi connectivity index (χ3v) is 7.24. The monoisotopic (exact) mass is 367 g/mol. The Balaban J connectivity index is 1.66. The van der Waals surface area contributed by atoms with Gasteiger partial charge in [0.2, 0.25) is 0 Å². The van der Waals surface area contributed by atoms with Gasteiger partial charge in [0, 0.05) is 32.7 Å². The number of aliphatic imine (C=N–C) groups is 1. The van der Waals surface area contributed by atoms with Crippen LogP contribution in [0.2, 0.25) is 0 Å². The first kappa shape index (κ1) is 15.6. The lowest BCUT2D eigenvalue weighted by molar-refractivity contribution is 0.630. The lowest BCUT2D eigenvalue weighted by Gasteiger charge is -2.30. The summed E-state index contributed by atoms with van der Waals surface area (Å²) >= 11 is 3.53. The molecule has 0 spiro atoms. The normalized spacial score (nSPS) is 22.4. The predicted octanol–water partition coefficient (Wildman–Crippen LogP) is 6.55. The fourth-order valence-electron chi connectivity index (χ4n) is 4.00. The summed E-state index contributed by atoms with van der Waals surface area (Å²) in [5, 5.41) is 2.00. The van der Waals surface area contributed by atoms with Crippen molar-refractivity contribution in [1.82, 2.24) is 0 Å². The van der Waals surface area contributed by atoms with Crippen molar-refractivity contribution >= 4 is 28.8 Å². The fourth-order valence-corrected chi connectivity index (χ4v) is 6.00. The fraction of sp³-hybridized carbons (Fsp3) is 0.286. The predicted molar refractivity (Wildman–Crippen MR) is 106 cm³/mol. The molecular formula is C21H18FNS2. The zero-order chi connectivity index (χ0) is 16.8. The molecule has 1 aliphatic carbocycles. The summed E-state index contributed by atoms with van der Waals surface area (Å²) in [7, 11) is 0. The third-order valence-electron chi connectivity index (χ3n) is 5.15. The summed E-state index contributed by atoms with van der Waals surface area (Å²) in [6.45, 7) is 0. The van der Waals surface area contributed by atoms with Crippen LogP contribution in [0.5, 0.6) is 0 Å². The molecule has 1 atom stereocenters. The molecule has 0 saturated carbocycles. The summed E-state index contributed by atoms with van der Waals surface area (Å²) in [5.74, 6) is 1.22. The molecule has 3 aliphatic rings. The molecule has 0 amide bonds. The van der Waals surface area contributed by atoms with E-state index in [0.29, 0.717) is 0 Å². The van der Waals surface area contributed by atoms with E-state index in [1.54, 1.807) is 17.4 Å². The van der Waals surface area contributed by atoms with Gasteiger partial charge in [0.1, 0.15) is 5.82 Å². The molecule has 126 valence electrons. The standard InChI is InChI=1S/C21H18FNS2/c22-16-8-7-13(12-15(16)19-6-3-10-24-19)20-14-4-1-2-5-17(14)23-18-9-11-25-21(18)20/h3-4,6-8,10,12,20H,1-2,5,9,11H2. The maximum absolute atomic E-state index is 14.5. The maximum atomic E-state index is 14.5. The third kappa shape index (κ3) is 2.63. The number of benzene rings is 1. The first-order valence-electron chi connectivity index (χ1n) is 8.78. The molecule has 0 saturated heterocycles. The maximum Gasteiger partial charge on any atom is 0.131 e. The Bertz CT molecular complexity index is 921. The van der Waals surface area contributed by atoms with E-state index in [1.807, 2.05) is 35.3 Å². The van der Waals surface area contributed by atoms with Crippen LogP contribution >= 0.6 is 23.1 Å². The van der Waals surface area contributed by atoms with Gasteiger partial charge in [-0.25, -0.2) is 4.39 Å². The average molecular weight is 368 g/mol. The van der Waals surface area contributed by atoms with Crippen LogP contribution in [0.1, 0.15) is 37.2 Å². The highest BCUT2D eigenvalue weighted by atomic mass is 32.2. The van der Waals surface area contributed by atoms with Gasteiger partial charge in [0.25, 0.3) is 0 Å². The quantitative estimate of drug-likeness (QED) is 0.586. The Morgan fingerprint density at radius 3 is 3.00 bits per heavy atom. The van der Waals surface area contributed by atoms with Crippen LogP contribution in [0.15, 0.2) is 63.0 Å². The van der Waals surface area contributed by atoms with Crippen LogP contribution in [0, 0.1) is 5.82 Å². The minimum Gasteiger partial charge on any atom is -0.257 e. The second-order valence-electron chi connectivity index (χ2n) is 6.67. The molecular weight excluding hydrogens is 349 g/mol. The molecule has 0 radical (unpaired) electrons. The SMILES string of the molecule is Fc1ccc(C2C3=CCCCC3=NC3=C2SCC3)cc1-c1cccs1. The van der Waals surface area contributed by atoms with Crippen molar-refractivity contribution < 1.29 is 4.39 Å². The van der Waals surface area contributed by atoms with E-state index in [0.717, 1.165) is 35.5 Å². The smallest absolute Gasteiger partial charge is 0.131 e. The van der Waals surface area contributed by atoms with Crippen LogP contribution < -0.4 is 0 Å². The first-order valence-corrected chi connectivity index (χ1v) is 10.6. The zero-order valence-corrected chi connectivity index (χ0v) is 15.4. The molecule has 1 aromatic carbocycles. The largest absolute Gasteiger partial charge is 0.257 e. The number of thioether (sulfide) groups is 1. The minimum atomic E-state index is -0.137. The lowest BCUT2D eigenvalue weighted by Crippen LogP contribution is -2.20. The number of fused-ring (bicyclic) bond motifs is 1. The van der Waals surface area contributed by atoms with Gasteiger partial charge < -0.3 is 0 Å². The van der Waals surface area contributed by atoms with Gasteiger partial charge >= 0.3 is 0 Å².